The fourth-order valence-electron chi connectivity index (χ4n) is 1.69. The predicted octanol–water partition coefficient (Wildman–Crippen LogP) is 1.41. The summed E-state index contributed by atoms with van der Waals surface area (Å²) in [4.78, 5) is 17.4. The lowest BCUT2D eigenvalue weighted by atomic mass is 10.2. The third-order valence-electron chi connectivity index (χ3n) is 2.51. The van der Waals surface area contributed by atoms with Gasteiger partial charge in [0.2, 0.25) is 5.91 Å². The molecule has 2 rings (SSSR count). The van der Waals surface area contributed by atoms with E-state index in [0.29, 0.717) is 18.2 Å². The van der Waals surface area contributed by atoms with Gasteiger partial charge in [-0.15, -0.1) is 0 Å². The molecule has 1 aromatic rings. The maximum absolute atomic E-state index is 11.7. The Morgan fingerprint density at radius 1 is 1.60 bits per heavy atom. The first-order valence-electron chi connectivity index (χ1n) is 4.78. The molecule has 1 amide bonds. The number of hydrogen-bond donors (Lipinski definition) is 1. The number of pyridine rings is 1. The molecule has 1 saturated heterocycles. The molecule has 0 saturated carbocycles. The van der Waals surface area contributed by atoms with E-state index in [9.17, 15) is 4.79 Å². The van der Waals surface area contributed by atoms with Crippen molar-refractivity contribution in [3.8, 4) is 0 Å². The van der Waals surface area contributed by atoms with Crippen molar-refractivity contribution in [1.29, 1.82) is 0 Å². The van der Waals surface area contributed by atoms with Crippen molar-refractivity contribution < 1.29 is 4.79 Å². The minimum absolute atomic E-state index is 0.158. The molecule has 0 spiro atoms. The number of nitrogens with two attached hydrogens (primary N) is 1. The zero-order valence-electron chi connectivity index (χ0n) is 8.19. The number of carbonyl (C=O) groups is 1. The van der Waals surface area contributed by atoms with Gasteiger partial charge < -0.3 is 10.6 Å². The number of halogens is 1. The lowest BCUT2D eigenvalue weighted by Crippen LogP contribution is -2.24. The minimum atomic E-state index is 0.158. The van der Waals surface area contributed by atoms with Crippen molar-refractivity contribution >= 4 is 33.3 Å². The Hall–Kier alpha value is -1.10. The summed E-state index contributed by atoms with van der Waals surface area (Å²) < 4.78 is 0. The third kappa shape index (κ3) is 2.12. The molecule has 1 aliphatic rings. The highest BCUT2D eigenvalue weighted by molar-refractivity contribution is 9.09. The van der Waals surface area contributed by atoms with E-state index in [2.05, 4.69) is 20.9 Å². The van der Waals surface area contributed by atoms with Crippen molar-refractivity contribution in [2.75, 3.05) is 22.5 Å². The van der Waals surface area contributed by atoms with Crippen LogP contribution in [0.5, 0.6) is 0 Å². The molecule has 1 atom stereocenters. The lowest BCUT2D eigenvalue weighted by Gasteiger charge is -2.15. The summed E-state index contributed by atoms with van der Waals surface area (Å²) in [5.74, 6) is 1.03. The van der Waals surface area contributed by atoms with E-state index >= 15 is 0 Å². The van der Waals surface area contributed by atoms with Crippen molar-refractivity contribution in [3.63, 3.8) is 0 Å². The Bertz CT molecular complexity index is 365. The number of nitrogen functional groups attached to an aromatic ring is 1. The molecular weight excluding hydrogens is 258 g/mol. The Morgan fingerprint density at radius 2 is 2.40 bits per heavy atom. The number of aromatic nitrogens is 1. The van der Waals surface area contributed by atoms with Crippen LogP contribution in [0.3, 0.4) is 0 Å². The number of alkyl halides is 1. The Kier molecular flexibility index (Phi) is 2.90. The highest BCUT2D eigenvalue weighted by Gasteiger charge is 2.29. The average molecular weight is 270 g/mol. The van der Waals surface area contributed by atoms with Gasteiger partial charge in [-0.25, -0.2) is 4.98 Å². The molecule has 1 aliphatic heterocycles. The minimum Gasteiger partial charge on any atom is -0.384 e. The van der Waals surface area contributed by atoms with Crippen LogP contribution in [0.1, 0.15) is 6.42 Å². The topological polar surface area (TPSA) is 59.2 Å². The number of rotatable bonds is 2. The molecule has 80 valence electrons. The van der Waals surface area contributed by atoms with E-state index in [1.165, 1.54) is 0 Å². The van der Waals surface area contributed by atoms with E-state index in [1.807, 2.05) is 6.07 Å². The molecule has 4 nitrogen and oxygen atoms in total. The maximum Gasteiger partial charge on any atom is 0.227 e. The van der Waals surface area contributed by atoms with Gasteiger partial charge in [-0.1, -0.05) is 15.9 Å². The summed E-state index contributed by atoms with van der Waals surface area (Å²) in [6.07, 6.45) is 2.25. The number of carbonyl (C=O) groups excluding carboxylic acids is 1. The van der Waals surface area contributed by atoms with Crippen LogP contribution in [0.2, 0.25) is 0 Å². The van der Waals surface area contributed by atoms with E-state index in [0.717, 1.165) is 17.6 Å². The first kappa shape index (κ1) is 10.4. The van der Waals surface area contributed by atoms with Crippen LogP contribution in [-0.2, 0) is 4.79 Å². The van der Waals surface area contributed by atoms with Crippen LogP contribution >= 0.6 is 15.9 Å². The number of nitrogens with zero attached hydrogens (tertiary/aromatic N) is 2. The van der Waals surface area contributed by atoms with Crippen molar-refractivity contribution in [2.45, 2.75) is 6.42 Å². The summed E-state index contributed by atoms with van der Waals surface area (Å²) in [5.41, 5.74) is 6.32. The van der Waals surface area contributed by atoms with Gasteiger partial charge in [0, 0.05) is 18.3 Å². The number of amides is 1. The molecule has 2 N–H and O–H groups in total. The second-order valence-corrected chi connectivity index (χ2v) is 4.32. The summed E-state index contributed by atoms with van der Waals surface area (Å²) >= 11 is 3.40. The molecule has 0 aromatic carbocycles. The van der Waals surface area contributed by atoms with Gasteiger partial charge in [0.25, 0.3) is 0 Å². The van der Waals surface area contributed by atoms with Crippen LogP contribution in [-0.4, -0.2) is 22.8 Å². The van der Waals surface area contributed by atoms with E-state index in [1.54, 1.807) is 17.2 Å². The second kappa shape index (κ2) is 4.18. The lowest BCUT2D eigenvalue weighted by molar-refractivity contribution is -0.117. The quantitative estimate of drug-likeness (QED) is 0.826. The molecule has 1 fully saturated rings. The smallest absolute Gasteiger partial charge is 0.227 e. The molecule has 1 unspecified atom stereocenters. The summed E-state index contributed by atoms with van der Waals surface area (Å²) in [6, 6.07) is 3.54. The Labute approximate surface area is 96.6 Å². The van der Waals surface area contributed by atoms with E-state index in [-0.39, 0.29) is 5.91 Å². The fourth-order valence-corrected chi connectivity index (χ4v) is 2.13. The normalized spacial score (nSPS) is 21.0. The predicted molar refractivity (Wildman–Crippen MR) is 62.9 cm³/mol. The Balaban J connectivity index is 2.18. The van der Waals surface area contributed by atoms with Gasteiger partial charge in [-0.3, -0.25) is 4.79 Å². The fraction of sp³-hybridized carbons (Fsp3) is 0.400. The first-order chi connectivity index (χ1) is 7.20. The first-order valence-corrected chi connectivity index (χ1v) is 5.90. The van der Waals surface area contributed by atoms with Crippen LogP contribution in [0.15, 0.2) is 18.3 Å². The standard InChI is InChI=1S/C10H12BrN3O/c11-4-7-3-10(15)14(6-7)8-1-2-9(12)13-5-8/h1-2,5,7H,3-4,6H2,(H2,12,13). The van der Waals surface area contributed by atoms with Gasteiger partial charge in [-0.2, -0.15) is 0 Å². The largest absolute Gasteiger partial charge is 0.384 e. The summed E-state index contributed by atoms with van der Waals surface area (Å²) in [5, 5.41) is 0.859. The van der Waals surface area contributed by atoms with Crippen LogP contribution in [0.4, 0.5) is 11.5 Å². The number of anilines is 2. The number of hydrogen-bond acceptors (Lipinski definition) is 3. The SMILES string of the molecule is Nc1ccc(N2CC(CBr)CC2=O)cn1. The Morgan fingerprint density at radius 3 is 2.93 bits per heavy atom. The summed E-state index contributed by atoms with van der Waals surface area (Å²) in [7, 11) is 0. The molecule has 5 heteroatoms. The van der Waals surface area contributed by atoms with Gasteiger partial charge >= 0.3 is 0 Å². The molecule has 0 aliphatic carbocycles. The third-order valence-corrected chi connectivity index (χ3v) is 3.42. The maximum atomic E-state index is 11.7. The van der Waals surface area contributed by atoms with Crippen LogP contribution < -0.4 is 10.6 Å². The summed E-state index contributed by atoms with van der Waals surface area (Å²) in [6.45, 7) is 0.760. The van der Waals surface area contributed by atoms with Crippen molar-refractivity contribution in [2.24, 2.45) is 5.92 Å². The molecule has 0 radical (unpaired) electrons. The van der Waals surface area contributed by atoms with Crippen LogP contribution in [0, 0.1) is 5.92 Å². The molecule has 0 bridgehead atoms. The highest BCUT2D eigenvalue weighted by atomic mass is 79.9. The monoisotopic (exact) mass is 269 g/mol. The molecule has 15 heavy (non-hydrogen) atoms. The van der Waals surface area contributed by atoms with Gasteiger partial charge in [0.05, 0.1) is 11.9 Å². The second-order valence-electron chi connectivity index (χ2n) is 3.67. The van der Waals surface area contributed by atoms with Gasteiger partial charge in [0.1, 0.15) is 5.82 Å². The highest BCUT2D eigenvalue weighted by Crippen LogP contribution is 2.25. The van der Waals surface area contributed by atoms with Gasteiger partial charge in [-0.05, 0) is 18.1 Å². The average Bonchev–Trinajstić information content (AvgIpc) is 2.61. The van der Waals surface area contributed by atoms with Crippen LogP contribution in [0.25, 0.3) is 0 Å². The molecular formula is C10H12BrN3O. The van der Waals surface area contributed by atoms with Crippen molar-refractivity contribution in [1.82, 2.24) is 4.98 Å². The van der Waals surface area contributed by atoms with E-state index in [4.69, 9.17) is 5.73 Å². The zero-order valence-corrected chi connectivity index (χ0v) is 9.77. The molecule has 2 heterocycles. The zero-order chi connectivity index (χ0) is 10.8. The molecule has 1 aromatic heterocycles. The van der Waals surface area contributed by atoms with Gasteiger partial charge in [0.15, 0.2) is 0 Å². The van der Waals surface area contributed by atoms with Crippen molar-refractivity contribution in [3.05, 3.63) is 18.3 Å². The van der Waals surface area contributed by atoms with E-state index < -0.39 is 0 Å².